The smallest absolute Gasteiger partial charge is 0.246 e. The number of hydrogen-bond donors (Lipinski definition) is 2. The Kier molecular flexibility index (Phi) is 11.4. The number of likely N-dealkylation sites (N-methyl/N-ethyl adjacent to an activating group) is 1. The molecular formula is C13H24N2O2. The Bertz CT molecular complexity index is 283. The van der Waals surface area contributed by atoms with Gasteiger partial charge in [-0.3, -0.25) is 9.59 Å². The first-order chi connectivity index (χ1) is 7.86. The van der Waals surface area contributed by atoms with Gasteiger partial charge in [-0.05, 0) is 27.2 Å². The summed E-state index contributed by atoms with van der Waals surface area (Å²) in [6.45, 7) is 15.6. The van der Waals surface area contributed by atoms with Crippen LogP contribution in [0.15, 0.2) is 24.3 Å². The molecule has 0 unspecified atom stereocenters. The van der Waals surface area contributed by atoms with E-state index in [4.69, 9.17) is 0 Å². The van der Waals surface area contributed by atoms with Gasteiger partial charge in [0.25, 0.3) is 0 Å². The lowest BCUT2D eigenvalue weighted by Gasteiger charge is -1.99. The van der Waals surface area contributed by atoms with Crippen LogP contribution in [-0.4, -0.2) is 24.9 Å². The van der Waals surface area contributed by atoms with Gasteiger partial charge in [0.1, 0.15) is 0 Å². The van der Waals surface area contributed by atoms with Gasteiger partial charge >= 0.3 is 0 Å². The van der Waals surface area contributed by atoms with E-state index in [1.54, 1.807) is 13.8 Å². The number of rotatable bonds is 5. The number of carbonyl (C=O) groups excluding carboxylic acids is 2. The summed E-state index contributed by atoms with van der Waals surface area (Å²) in [6.07, 6.45) is 0.971. The van der Waals surface area contributed by atoms with Crippen molar-refractivity contribution in [2.24, 2.45) is 0 Å². The molecule has 0 aromatic heterocycles. The van der Waals surface area contributed by atoms with E-state index in [-0.39, 0.29) is 11.8 Å². The van der Waals surface area contributed by atoms with Gasteiger partial charge in [0.2, 0.25) is 11.8 Å². The van der Waals surface area contributed by atoms with Crippen LogP contribution >= 0.6 is 0 Å². The monoisotopic (exact) mass is 240 g/mol. The van der Waals surface area contributed by atoms with Crippen molar-refractivity contribution in [3.63, 3.8) is 0 Å². The molecule has 0 radical (unpaired) electrons. The van der Waals surface area contributed by atoms with E-state index in [2.05, 4.69) is 23.8 Å². The molecule has 0 bridgehead atoms. The molecule has 0 saturated heterocycles. The van der Waals surface area contributed by atoms with E-state index in [1.807, 2.05) is 13.8 Å². The van der Waals surface area contributed by atoms with Crippen LogP contribution in [0.2, 0.25) is 0 Å². The molecule has 0 rings (SSSR count). The first-order valence-electron chi connectivity index (χ1n) is 5.74. The Morgan fingerprint density at radius 3 is 1.59 bits per heavy atom. The van der Waals surface area contributed by atoms with Crippen LogP contribution < -0.4 is 10.6 Å². The van der Waals surface area contributed by atoms with E-state index in [1.165, 1.54) is 0 Å². The first kappa shape index (κ1) is 17.8. The normalized spacial score (nSPS) is 8.47. The first-order valence-corrected chi connectivity index (χ1v) is 5.74. The van der Waals surface area contributed by atoms with Crippen molar-refractivity contribution >= 4 is 11.8 Å². The van der Waals surface area contributed by atoms with Crippen molar-refractivity contribution in [1.82, 2.24) is 10.6 Å². The van der Waals surface area contributed by atoms with E-state index in [0.717, 1.165) is 13.0 Å². The average molecular weight is 240 g/mol. The second-order valence-corrected chi connectivity index (χ2v) is 3.68. The highest BCUT2D eigenvalue weighted by Crippen LogP contribution is 1.84. The molecule has 0 aliphatic carbocycles. The number of nitrogens with one attached hydrogen (secondary N) is 2. The third-order valence-electron chi connectivity index (χ3n) is 1.65. The molecule has 17 heavy (non-hydrogen) atoms. The largest absolute Gasteiger partial charge is 0.353 e. The predicted molar refractivity (Wildman–Crippen MR) is 71.6 cm³/mol. The fraction of sp³-hybridized carbons (Fsp3) is 0.538. The van der Waals surface area contributed by atoms with Crippen molar-refractivity contribution in [1.29, 1.82) is 0 Å². The minimum atomic E-state index is -0.0625. The van der Waals surface area contributed by atoms with Gasteiger partial charge in [0.15, 0.2) is 0 Å². The molecule has 0 fully saturated rings. The highest BCUT2D eigenvalue weighted by molar-refractivity contribution is 5.92. The van der Waals surface area contributed by atoms with Gasteiger partial charge in [-0.1, -0.05) is 20.1 Å². The number of amides is 2. The standard InChI is InChI=1S/C7H13NO.C6H11NO/c1-4-5-8-7(9)6(2)3;1-4-7-6(8)5(2)3/h2,4-5H2,1,3H3,(H,8,9);2,4H2,1,3H3,(H,7,8). The predicted octanol–water partition coefficient (Wildman–Crippen LogP) is 1.79. The molecule has 0 spiro atoms. The topological polar surface area (TPSA) is 58.2 Å². The van der Waals surface area contributed by atoms with Gasteiger partial charge in [0, 0.05) is 24.2 Å². The maximum Gasteiger partial charge on any atom is 0.246 e. The minimum absolute atomic E-state index is 0.0446. The zero-order valence-corrected chi connectivity index (χ0v) is 11.4. The second-order valence-electron chi connectivity index (χ2n) is 3.68. The van der Waals surface area contributed by atoms with Gasteiger partial charge < -0.3 is 10.6 Å². The molecule has 0 aromatic carbocycles. The lowest BCUT2D eigenvalue weighted by Crippen LogP contribution is -2.24. The van der Waals surface area contributed by atoms with Crippen LogP contribution in [0.1, 0.15) is 34.1 Å². The highest BCUT2D eigenvalue weighted by atomic mass is 16.2. The Balaban J connectivity index is 0. The number of carbonyl (C=O) groups is 2. The van der Waals surface area contributed by atoms with Crippen LogP contribution in [0.5, 0.6) is 0 Å². The molecule has 4 nitrogen and oxygen atoms in total. The summed E-state index contributed by atoms with van der Waals surface area (Å²) in [6, 6.07) is 0. The lowest BCUT2D eigenvalue weighted by molar-refractivity contribution is -0.118. The van der Waals surface area contributed by atoms with Gasteiger partial charge in [0.05, 0.1) is 0 Å². The van der Waals surface area contributed by atoms with E-state index in [9.17, 15) is 9.59 Å². The summed E-state index contributed by atoms with van der Waals surface area (Å²) in [7, 11) is 0. The molecule has 2 N–H and O–H groups in total. The molecule has 0 aliphatic heterocycles. The molecule has 0 aromatic rings. The SMILES string of the molecule is C=C(C)C(=O)NCC.C=C(C)C(=O)NCCC. The Hall–Kier alpha value is -1.58. The Labute approximate surface area is 104 Å². The van der Waals surface area contributed by atoms with Crippen LogP contribution in [0.25, 0.3) is 0 Å². The quantitative estimate of drug-likeness (QED) is 0.720. The van der Waals surface area contributed by atoms with Crippen LogP contribution in [0.3, 0.4) is 0 Å². The fourth-order valence-electron chi connectivity index (χ4n) is 0.701. The summed E-state index contributed by atoms with van der Waals surface area (Å²) in [5, 5.41) is 5.30. The summed E-state index contributed by atoms with van der Waals surface area (Å²) < 4.78 is 0. The molecule has 0 aliphatic rings. The number of hydrogen-bond acceptors (Lipinski definition) is 2. The van der Waals surface area contributed by atoms with E-state index in [0.29, 0.717) is 17.7 Å². The van der Waals surface area contributed by atoms with Crippen molar-refractivity contribution in [3.05, 3.63) is 24.3 Å². The van der Waals surface area contributed by atoms with E-state index < -0.39 is 0 Å². The summed E-state index contributed by atoms with van der Waals surface area (Å²) in [4.78, 5) is 21.2. The summed E-state index contributed by atoms with van der Waals surface area (Å²) in [5.41, 5.74) is 1.13. The zero-order chi connectivity index (χ0) is 13.8. The third-order valence-corrected chi connectivity index (χ3v) is 1.65. The van der Waals surface area contributed by atoms with Crippen molar-refractivity contribution in [2.45, 2.75) is 34.1 Å². The highest BCUT2D eigenvalue weighted by Gasteiger charge is 1.96. The minimum Gasteiger partial charge on any atom is -0.353 e. The van der Waals surface area contributed by atoms with Crippen LogP contribution in [0.4, 0.5) is 0 Å². The summed E-state index contributed by atoms with van der Waals surface area (Å²) in [5.74, 6) is -0.107. The maximum atomic E-state index is 10.7. The molecule has 0 atom stereocenters. The fourth-order valence-corrected chi connectivity index (χ4v) is 0.701. The molecular weight excluding hydrogens is 216 g/mol. The Morgan fingerprint density at radius 1 is 0.941 bits per heavy atom. The summed E-state index contributed by atoms with van der Waals surface area (Å²) >= 11 is 0. The van der Waals surface area contributed by atoms with Gasteiger partial charge in [-0.25, -0.2) is 0 Å². The molecule has 98 valence electrons. The van der Waals surface area contributed by atoms with Gasteiger partial charge in [-0.15, -0.1) is 0 Å². The zero-order valence-electron chi connectivity index (χ0n) is 11.4. The van der Waals surface area contributed by atoms with Crippen molar-refractivity contribution < 1.29 is 9.59 Å². The third kappa shape index (κ3) is 12.4. The average Bonchev–Trinajstić information content (AvgIpc) is 2.26. The van der Waals surface area contributed by atoms with Crippen molar-refractivity contribution in [3.8, 4) is 0 Å². The molecule has 2 amide bonds. The van der Waals surface area contributed by atoms with Crippen LogP contribution in [-0.2, 0) is 9.59 Å². The van der Waals surface area contributed by atoms with Crippen molar-refractivity contribution in [2.75, 3.05) is 13.1 Å². The molecule has 0 saturated carbocycles. The Morgan fingerprint density at radius 2 is 1.35 bits per heavy atom. The molecule has 4 heteroatoms. The van der Waals surface area contributed by atoms with E-state index >= 15 is 0 Å². The van der Waals surface area contributed by atoms with Gasteiger partial charge in [-0.2, -0.15) is 0 Å². The molecule has 0 heterocycles. The second kappa shape index (κ2) is 10.9. The lowest BCUT2D eigenvalue weighted by atomic mass is 10.3. The van der Waals surface area contributed by atoms with Crippen LogP contribution in [0, 0.1) is 0 Å². The maximum absolute atomic E-state index is 10.7.